The number of carbonyl (C=O) groups excluding carboxylic acids is 2. The van der Waals surface area contributed by atoms with Crippen LogP contribution in [0.15, 0.2) is 47.4 Å². The minimum atomic E-state index is -0.497. The summed E-state index contributed by atoms with van der Waals surface area (Å²) in [6.07, 6.45) is 2.06. The Hall–Kier alpha value is -2.47. The third-order valence-corrected chi connectivity index (χ3v) is 7.33. The van der Waals surface area contributed by atoms with Crippen LogP contribution in [0.25, 0.3) is 21.8 Å². The Labute approximate surface area is 188 Å². The second-order valence-electron chi connectivity index (χ2n) is 8.51. The summed E-state index contributed by atoms with van der Waals surface area (Å²) in [6.45, 7) is 8.36. The van der Waals surface area contributed by atoms with Crippen molar-refractivity contribution in [3.05, 3.63) is 42.5 Å². The largest absolute Gasteiger partial charge is 0.344 e. The quantitative estimate of drug-likeness (QED) is 0.570. The van der Waals surface area contributed by atoms with Gasteiger partial charge >= 0.3 is 0 Å². The van der Waals surface area contributed by atoms with Crippen LogP contribution in [0.3, 0.4) is 0 Å². The number of carbonyl (C=O) groups is 2. The highest BCUT2D eigenvalue weighted by Gasteiger charge is 2.28. The minimum Gasteiger partial charge on any atom is -0.344 e. The number of thioether (sulfide) groups is 1. The molecule has 1 saturated heterocycles. The molecule has 3 aromatic rings. The van der Waals surface area contributed by atoms with Gasteiger partial charge in [-0.1, -0.05) is 25.1 Å². The molecule has 1 fully saturated rings. The molecule has 0 spiro atoms. The highest BCUT2D eigenvalue weighted by atomic mass is 32.2. The number of hydrogen-bond acceptors (Lipinski definition) is 3. The van der Waals surface area contributed by atoms with E-state index in [1.807, 2.05) is 4.90 Å². The van der Waals surface area contributed by atoms with E-state index in [1.165, 1.54) is 28.7 Å². The molecular formula is C25H31N3O2S. The van der Waals surface area contributed by atoms with E-state index >= 15 is 0 Å². The van der Waals surface area contributed by atoms with Gasteiger partial charge in [0.15, 0.2) is 0 Å². The van der Waals surface area contributed by atoms with E-state index in [2.05, 4.69) is 66.2 Å². The molecule has 164 valence electrons. The molecule has 31 heavy (non-hydrogen) atoms. The highest BCUT2D eigenvalue weighted by molar-refractivity contribution is 7.99. The molecule has 1 aliphatic rings. The lowest BCUT2D eigenvalue weighted by atomic mass is 9.99. The zero-order valence-electron chi connectivity index (χ0n) is 18.6. The van der Waals surface area contributed by atoms with Crippen LogP contribution in [0.1, 0.15) is 33.6 Å². The highest BCUT2D eigenvalue weighted by Crippen LogP contribution is 2.32. The Balaban J connectivity index is 1.54. The first-order valence-corrected chi connectivity index (χ1v) is 12.2. The maximum atomic E-state index is 13.1. The smallest absolute Gasteiger partial charge is 0.246 e. The zero-order valence-corrected chi connectivity index (χ0v) is 19.4. The average Bonchev–Trinajstić information content (AvgIpc) is 3.09. The number of piperidine rings is 1. The van der Waals surface area contributed by atoms with Crippen molar-refractivity contribution >= 4 is 45.4 Å². The number of para-hydroxylation sites is 1. The Bertz CT molecular complexity index is 1100. The van der Waals surface area contributed by atoms with E-state index < -0.39 is 6.04 Å². The molecule has 0 saturated carbocycles. The van der Waals surface area contributed by atoms with Crippen molar-refractivity contribution in [2.75, 3.05) is 18.8 Å². The fourth-order valence-electron chi connectivity index (χ4n) is 4.51. The van der Waals surface area contributed by atoms with Crippen molar-refractivity contribution in [1.29, 1.82) is 0 Å². The van der Waals surface area contributed by atoms with Crippen LogP contribution >= 0.6 is 11.8 Å². The molecule has 1 N–H and O–H groups in total. The molecule has 2 aromatic carbocycles. The number of benzene rings is 2. The number of likely N-dealkylation sites (tertiary alicyclic amines) is 1. The Morgan fingerprint density at radius 3 is 2.52 bits per heavy atom. The molecule has 0 radical (unpaired) electrons. The van der Waals surface area contributed by atoms with Crippen molar-refractivity contribution in [1.82, 2.24) is 14.8 Å². The standard InChI is InChI=1S/C25H31N3O2S/c1-4-28-23-8-6-5-7-20(23)21-15-19(9-10-24(21)28)31-16-22(26-18(3)29)25(30)27-13-11-17(2)12-14-27/h5-10,15,17,22H,4,11-14,16H2,1-3H3,(H,26,29). The number of nitrogens with zero attached hydrogens (tertiary/aromatic N) is 2. The molecule has 6 heteroatoms. The molecule has 5 nitrogen and oxygen atoms in total. The van der Waals surface area contributed by atoms with Crippen LogP contribution in [0.2, 0.25) is 0 Å². The molecule has 1 atom stereocenters. The van der Waals surface area contributed by atoms with Gasteiger partial charge in [-0.3, -0.25) is 9.59 Å². The number of hydrogen-bond donors (Lipinski definition) is 1. The van der Waals surface area contributed by atoms with E-state index in [0.29, 0.717) is 11.7 Å². The second kappa shape index (κ2) is 9.35. The molecular weight excluding hydrogens is 406 g/mol. The number of amides is 2. The lowest BCUT2D eigenvalue weighted by Crippen LogP contribution is -2.51. The molecule has 0 bridgehead atoms. The summed E-state index contributed by atoms with van der Waals surface area (Å²) in [4.78, 5) is 27.9. The summed E-state index contributed by atoms with van der Waals surface area (Å²) in [7, 11) is 0. The van der Waals surface area contributed by atoms with Gasteiger partial charge in [-0.15, -0.1) is 11.8 Å². The van der Waals surface area contributed by atoms with Gasteiger partial charge in [0.25, 0.3) is 0 Å². The Kier molecular flexibility index (Phi) is 6.56. The van der Waals surface area contributed by atoms with E-state index in [4.69, 9.17) is 0 Å². The van der Waals surface area contributed by atoms with Gasteiger partial charge in [0.2, 0.25) is 11.8 Å². The van der Waals surface area contributed by atoms with E-state index in [-0.39, 0.29) is 11.8 Å². The fourth-order valence-corrected chi connectivity index (χ4v) is 5.46. The molecule has 2 amide bonds. The molecule has 1 unspecified atom stereocenters. The van der Waals surface area contributed by atoms with Crippen LogP contribution in [0.5, 0.6) is 0 Å². The van der Waals surface area contributed by atoms with E-state index in [0.717, 1.165) is 37.4 Å². The van der Waals surface area contributed by atoms with Crippen molar-refractivity contribution in [2.45, 2.75) is 51.1 Å². The predicted molar refractivity (Wildman–Crippen MR) is 128 cm³/mol. The van der Waals surface area contributed by atoms with Crippen molar-refractivity contribution in [2.24, 2.45) is 5.92 Å². The van der Waals surface area contributed by atoms with Crippen LogP contribution in [-0.2, 0) is 16.1 Å². The van der Waals surface area contributed by atoms with E-state index in [1.54, 1.807) is 11.8 Å². The van der Waals surface area contributed by atoms with Crippen molar-refractivity contribution in [3.63, 3.8) is 0 Å². The number of aryl methyl sites for hydroxylation is 1. The summed E-state index contributed by atoms with van der Waals surface area (Å²) in [5.41, 5.74) is 2.47. The SMILES string of the molecule is CCn1c2ccccc2c2cc(SCC(NC(C)=O)C(=O)N3CCC(C)CC3)ccc21. The summed E-state index contributed by atoms with van der Waals surface area (Å²) >= 11 is 1.63. The topological polar surface area (TPSA) is 54.3 Å². The molecule has 4 rings (SSSR count). The Morgan fingerprint density at radius 1 is 1.10 bits per heavy atom. The van der Waals surface area contributed by atoms with Crippen molar-refractivity contribution in [3.8, 4) is 0 Å². The van der Waals surface area contributed by atoms with Gasteiger partial charge in [-0.2, -0.15) is 0 Å². The van der Waals surface area contributed by atoms with Crippen LogP contribution in [-0.4, -0.2) is 46.2 Å². The maximum absolute atomic E-state index is 13.1. The van der Waals surface area contributed by atoms with Crippen LogP contribution in [0.4, 0.5) is 0 Å². The number of aromatic nitrogens is 1. The van der Waals surface area contributed by atoms with Gasteiger partial charge in [-0.25, -0.2) is 0 Å². The number of rotatable bonds is 6. The number of nitrogens with one attached hydrogen (secondary N) is 1. The summed E-state index contributed by atoms with van der Waals surface area (Å²) in [5, 5.41) is 5.36. The van der Waals surface area contributed by atoms with Gasteiger partial charge in [0, 0.05) is 59.0 Å². The van der Waals surface area contributed by atoms with Crippen LogP contribution in [0, 0.1) is 5.92 Å². The second-order valence-corrected chi connectivity index (χ2v) is 9.61. The first kappa shape index (κ1) is 21.8. The van der Waals surface area contributed by atoms with Crippen molar-refractivity contribution < 1.29 is 9.59 Å². The lowest BCUT2D eigenvalue weighted by Gasteiger charge is -2.33. The minimum absolute atomic E-state index is 0.0401. The van der Waals surface area contributed by atoms with Crippen LogP contribution < -0.4 is 5.32 Å². The zero-order chi connectivity index (χ0) is 22.0. The summed E-state index contributed by atoms with van der Waals surface area (Å²) in [6, 6.07) is 14.5. The predicted octanol–water partition coefficient (Wildman–Crippen LogP) is 4.67. The molecule has 2 heterocycles. The van der Waals surface area contributed by atoms with Gasteiger partial charge in [0.1, 0.15) is 6.04 Å². The van der Waals surface area contributed by atoms with Gasteiger partial charge in [-0.05, 0) is 49.9 Å². The summed E-state index contributed by atoms with van der Waals surface area (Å²) in [5.74, 6) is 1.07. The molecule has 0 aliphatic carbocycles. The van der Waals surface area contributed by atoms with Gasteiger partial charge in [0.05, 0.1) is 0 Å². The van der Waals surface area contributed by atoms with Gasteiger partial charge < -0.3 is 14.8 Å². The first-order chi connectivity index (χ1) is 15.0. The molecule has 1 aromatic heterocycles. The fraction of sp³-hybridized carbons (Fsp3) is 0.440. The van der Waals surface area contributed by atoms with E-state index in [9.17, 15) is 9.59 Å². The number of fused-ring (bicyclic) bond motifs is 3. The normalized spacial score (nSPS) is 16.0. The average molecular weight is 438 g/mol. The monoisotopic (exact) mass is 437 g/mol. The Morgan fingerprint density at radius 2 is 1.81 bits per heavy atom. The summed E-state index contributed by atoms with van der Waals surface area (Å²) < 4.78 is 2.33. The maximum Gasteiger partial charge on any atom is 0.246 e. The third-order valence-electron chi connectivity index (χ3n) is 6.25. The molecule has 1 aliphatic heterocycles. The third kappa shape index (κ3) is 4.59. The lowest BCUT2D eigenvalue weighted by molar-refractivity contribution is -0.136. The first-order valence-electron chi connectivity index (χ1n) is 11.2.